The Morgan fingerprint density at radius 1 is 0.593 bits per heavy atom. The number of carbonyl (C=O) groups excluding carboxylic acids is 2. The number of carbonyl (C=O) groups is 3. The molecule has 0 radical (unpaired) electrons. The zero-order valence-electron chi connectivity index (χ0n) is 30.7. The summed E-state index contributed by atoms with van der Waals surface area (Å²) in [6.45, 7) is 5.78. The van der Waals surface area contributed by atoms with Crippen molar-refractivity contribution in [2.75, 3.05) is 6.54 Å². The van der Waals surface area contributed by atoms with E-state index in [1.807, 2.05) is 91.0 Å². The van der Waals surface area contributed by atoms with Gasteiger partial charge in [-0.15, -0.1) is 0 Å². The van der Waals surface area contributed by atoms with Crippen LogP contribution in [0.3, 0.4) is 0 Å². The number of rotatable bonds is 17. The highest BCUT2D eigenvalue weighted by Gasteiger charge is 2.41. The minimum Gasteiger partial charge on any atom is -0.488 e. The van der Waals surface area contributed by atoms with Crippen molar-refractivity contribution < 1.29 is 38.4 Å². The minimum absolute atomic E-state index is 0.0937. The molecule has 5 rings (SSSR count). The van der Waals surface area contributed by atoms with Gasteiger partial charge in [-0.05, 0) is 73.7 Å². The third kappa shape index (κ3) is 11.6. The van der Waals surface area contributed by atoms with E-state index in [9.17, 15) is 19.5 Å². The van der Waals surface area contributed by atoms with E-state index in [0.717, 1.165) is 16.7 Å². The van der Waals surface area contributed by atoms with Gasteiger partial charge in [-0.25, -0.2) is 9.59 Å². The summed E-state index contributed by atoms with van der Waals surface area (Å²) in [4.78, 5) is 39.8. The Kier molecular flexibility index (Phi) is 13.3. The number of aliphatic carboxylic acids is 1. The number of amides is 2. The maximum Gasteiger partial charge on any atom is 0.408 e. The van der Waals surface area contributed by atoms with Crippen LogP contribution in [0.15, 0.2) is 133 Å². The molecule has 0 bridgehead atoms. The van der Waals surface area contributed by atoms with Gasteiger partial charge in [-0.1, -0.05) is 109 Å². The number of alkyl carbamates (subject to hydrolysis) is 1. The van der Waals surface area contributed by atoms with Gasteiger partial charge in [0.2, 0.25) is 0 Å². The van der Waals surface area contributed by atoms with Gasteiger partial charge in [0.25, 0.3) is 5.91 Å². The molecule has 1 atom stereocenters. The summed E-state index contributed by atoms with van der Waals surface area (Å²) in [5.41, 5.74) is 0.914. The zero-order chi connectivity index (χ0) is 38.4. The summed E-state index contributed by atoms with van der Waals surface area (Å²) < 4.78 is 23.9. The van der Waals surface area contributed by atoms with Crippen LogP contribution in [0.2, 0.25) is 0 Å². The third-order valence-electron chi connectivity index (χ3n) is 8.34. The van der Waals surface area contributed by atoms with E-state index in [1.54, 1.807) is 63.2 Å². The minimum atomic E-state index is -1.89. The molecular formula is C44H46N2O8. The van der Waals surface area contributed by atoms with Gasteiger partial charge in [0.05, 0.1) is 5.56 Å². The molecule has 54 heavy (non-hydrogen) atoms. The highest BCUT2D eigenvalue weighted by molar-refractivity contribution is 5.97. The Morgan fingerprint density at radius 2 is 1.09 bits per heavy atom. The topological polar surface area (TPSA) is 132 Å². The van der Waals surface area contributed by atoms with Gasteiger partial charge in [0.1, 0.15) is 36.7 Å². The molecule has 280 valence electrons. The summed E-state index contributed by atoms with van der Waals surface area (Å²) in [5, 5.41) is 16.2. The first-order valence-electron chi connectivity index (χ1n) is 17.7. The van der Waals surface area contributed by atoms with E-state index in [2.05, 4.69) is 10.6 Å². The Labute approximate surface area is 316 Å². The summed E-state index contributed by atoms with van der Waals surface area (Å²) >= 11 is 0. The number of carboxylic acids is 1. The van der Waals surface area contributed by atoms with Gasteiger partial charge in [-0.3, -0.25) is 4.79 Å². The van der Waals surface area contributed by atoms with Crippen LogP contribution in [-0.2, 0) is 35.8 Å². The molecule has 10 nitrogen and oxygen atoms in total. The first kappa shape index (κ1) is 38.9. The van der Waals surface area contributed by atoms with Crippen molar-refractivity contribution >= 4 is 18.0 Å². The number of hydrogen-bond acceptors (Lipinski definition) is 7. The Morgan fingerprint density at radius 3 is 1.63 bits per heavy atom. The molecule has 0 spiro atoms. The average Bonchev–Trinajstić information content (AvgIpc) is 3.16. The standard InChI is InChI=1S/C44H46N2O8/c1-43(2,3)54-42(50)46-44(41(48)49,25-26-45-40(47)36-21-13-14-22-37(36)51-29-32-15-7-4-8-16-32)28-35-23-24-38(52-30-33-17-9-5-10-18-33)39(27-35)53-31-34-19-11-6-12-20-34/h4-24,27H,25-26,28-31H2,1-3H3,(H,45,47)(H,46,50)(H,48,49)/t44-/m1/s1. The number of hydrogen-bond donors (Lipinski definition) is 3. The highest BCUT2D eigenvalue weighted by Crippen LogP contribution is 2.32. The maximum absolute atomic E-state index is 13.5. The quantitative estimate of drug-likeness (QED) is 0.0874. The lowest BCUT2D eigenvalue weighted by Gasteiger charge is -2.32. The number of para-hydroxylation sites is 1. The molecule has 3 N–H and O–H groups in total. The van der Waals surface area contributed by atoms with Crippen LogP contribution in [0.25, 0.3) is 0 Å². The molecule has 0 aromatic heterocycles. The van der Waals surface area contributed by atoms with Crippen LogP contribution < -0.4 is 24.8 Å². The molecule has 0 aliphatic heterocycles. The van der Waals surface area contributed by atoms with E-state index < -0.39 is 29.1 Å². The second kappa shape index (κ2) is 18.5. The first-order chi connectivity index (χ1) is 26.0. The van der Waals surface area contributed by atoms with Gasteiger partial charge in [0.15, 0.2) is 11.5 Å². The molecule has 0 fully saturated rings. The molecule has 0 saturated heterocycles. The Bertz CT molecular complexity index is 1980. The average molecular weight is 731 g/mol. The zero-order valence-corrected chi connectivity index (χ0v) is 30.7. The second-order valence-corrected chi connectivity index (χ2v) is 13.8. The molecule has 5 aromatic carbocycles. The summed E-state index contributed by atoms with van der Waals surface area (Å²) in [7, 11) is 0. The van der Waals surface area contributed by atoms with Crippen LogP contribution in [0, 0.1) is 0 Å². The summed E-state index contributed by atoms with van der Waals surface area (Å²) in [6.07, 6.45) is -1.24. The van der Waals surface area contributed by atoms with Crippen molar-refractivity contribution in [3.8, 4) is 17.2 Å². The lowest BCUT2D eigenvalue weighted by Crippen LogP contribution is -2.58. The molecular weight excluding hydrogens is 684 g/mol. The van der Waals surface area contributed by atoms with Gasteiger partial charge < -0.3 is 34.7 Å². The molecule has 0 aliphatic rings. The summed E-state index contributed by atoms with van der Waals surface area (Å²) in [5.74, 6) is -0.492. The fraction of sp³-hybridized carbons (Fsp3) is 0.250. The SMILES string of the molecule is CC(C)(C)OC(=O)N[C@](CCNC(=O)c1ccccc1OCc1ccccc1)(Cc1ccc(OCc2ccccc2)c(OCc2ccccc2)c1)C(=O)O. The molecule has 0 heterocycles. The van der Waals surface area contributed by atoms with Crippen LogP contribution in [0.4, 0.5) is 4.79 Å². The molecule has 5 aromatic rings. The van der Waals surface area contributed by atoms with Gasteiger partial charge >= 0.3 is 12.1 Å². The largest absolute Gasteiger partial charge is 0.488 e. The van der Waals surface area contributed by atoms with Crippen molar-refractivity contribution in [2.45, 2.75) is 64.6 Å². The van der Waals surface area contributed by atoms with E-state index in [0.29, 0.717) is 35.0 Å². The normalized spacial score (nSPS) is 12.1. The van der Waals surface area contributed by atoms with Crippen LogP contribution >= 0.6 is 0 Å². The fourth-order valence-electron chi connectivity index (χ4n) is 5.64. The number of nitrogens with one attached hydrogen (secondary N) is 2. The summed E-state index contributed by atoms with van der Waals surface area (Å²) in [6, 6.07) is 40.9. The van der Waals surface area contributed by atoms with E-state index in [4.69, 9.17) is 18.9 Å². The molecule has 2 amide bonds. The lowest BCUT2D eigenvalue weighted by atomic mass is 9.87. The van der Waals surface area contributed by atoms with Crippen molar-refractivity contribution in [1.82, 2.24) is 10.6 Å². The molecule has 0 unspecified atom stereocenters. The van der Waals surface area contributed by atoms with Crippen molar-refractivity contribution in [3.63, 3.8) is 0 Å². The Balaban J connectivity index is 1.37. The fourth-order valence-corrected chi connectivity index (χ4v) is 5.64. The van der Waals surface area contributed by atoms with Crippen LogP contribution in [0.1, 0.15) is 59.8 Å². The predicted octanol–water partition coefficient (Wildman–Crippen LogP) is 8.13. The van der Waals surface area contributed by atoms with Gasteiger partial charge in [0, 0.05) is 13.0 Å². The monoisotopic (exact) mass is 730 g/mol. The Hall–Kier alpha value is -6.29. The van der Waals surface area contributed by atoms with Crippen LogP contribution in [-0.4, -0.2) is 40.8 Å². The van der Waals surface area contributed by atoms with Crippen molar-refractivity contribution in [1.29, 1.82) is 0 Å². The third-order valence-corrected chi connectivity index (χ3v) is 8.34. The molecule has 0 aliphatic carbocycles. The van der Waals surface area contributed by atoms with E-state index in [1.165, 1.54) is 0 Å². The number of ether oxygens (including phenoxy) is 4. The molecule has 10 heteroatoms. The maximum atomic E-state index is 13.5. The van der Waals surface area contributed by atoms with E-state index >= 15 is 0 Å². The smallest absolute Gasteiger partial charge is 0.408 e. The lowest BCUT2D eigenvalue weighted by molar-refractivity contribution is -0.145. The van der Waals surface area contributed by atoms with Crippen molar-refractivity contribution in [2.24, 2.45) is 0 Å². The van der Waals surface area contributed by atoms with Gasteiger partial charge in [-0.2, -0.15) is 0 Å². The predicted molar refractivity (Wildman–Crippen MR) is 206 cm³/mol. The molecule has 0 saturated carbocycles. The number of benzene rings is 5. The van der Waals surface area contributed by atoms with E-state index in [-0.39, 0.29) is 32.6 Å². The first-order valence-corrected chi connectivity index (χ1v) is 17.7. The van der Waals surface area contributed by atoms with Crippen LogP contribution in [0.5, 0.6) is 17.2 Å². The van der Waals surface area contributed by atoms with Crippen molar-refractivity contribution in [3.05, 3.63) is 161 Å². The second-order valence-electron chi connectivity index (χ2n) is 13.8. The highest BCUT2D eigenvalue weighted by atomic mass is 16.6. The number of carboxylic acid groups (broad SMARTS) is 1.